The average molecular weight is 551 g/mol. The van der Waals surface area contributed by atoms with Gasteiger partial charge in [-0.25, -0.2) is 35.5 Å². The Kier molecular flexibility index (Phi) is 9.75. The Bertz CT molecular complexity index is 1270. The molecule has 194 valence electrons. The number of para-hydroxylation sites is 1. The van der Waals surface area contributed by atoms with Gasteiger partial charge in [0.05, 0.1) is 21.7 Å². The van der Waals surface area contributed by atoms with E-state index in [0.717, 1.165) is 42.7 Å². The molecule has 12 nitrogen and oxygen atoms in total. The van der Waals surface area contributed by atoms with Crippen LogP contribution in [0.3, 0.4) is 0 Å². The maximum Gasteiger partial charge on any atom is 0.154 e. The van der Waals surface area contributed by atoms with Gasteiger partial charge >= 0.3 is 0 Å². The van der Waals surface area contributed by atoms with Gasteiger partial charge < -0.3 is 16.8 Å². The smallest absolute Gasteiger partial charge is 0.154 e. The van der Waals surface area contributed by atoms with Gasteiger partial charge in [-0.1, -0.05) is 24.3 Å². The van der Waals surface area contributed by atoms with E-state index in [4.69, 9.17) is 27.5 Å². The molecule has 36 heavy (non-hydrogen) atoms. The van der Waals surface area contributed by atoms with Gasteiger partial charge in [-0.3, -0.25) is 4.31 Å². The van der Waals surface area contributed by atoms with Crippen LogP contribution in [0, 0.1) is 0 Å². The van der Waals surface area contributed by atoms with Gasteiger partial charge in [0.1, 0.15) is 29.0 Å². The molecule has 2 aromatic carbocycles. The summed E-state index contributed by atoms with van der Waals surface area (Å²) in [7, 11) is 0.148. The Morgan fingerprint density at radius 2 is 2.08 bits per heavy atom. The first-order valence-corrected chi connectivity index (χ1v) is 12.6. The Labute approximate surface area is 222 Å². The molecular weight excluding hydrogens is 521 g/mol. The second-order valence-electron chi connectivity index (χ2n) is 7.82. The summed E-state index contributed by atoms with van der Waals surface area (Å²) in [5.41, 5.74) is 17.7. The second kappa shape index (κ2) is 12.6. The minimum atomic E-state index is -1.57. The van der Waals surface area contributed by atoms with E-state index in [1.165, 1.54) is 0 Å². The first kappa shape index (κ1) is 27.9. The number of nitrogen functional groups attached to an aromatic ring is 1. The fourth-order valence-electron chi connectivity index (χ4n) is 4.09. The van der Waals surface area contributed by atoms with Crippen molar-refractivity contribution < 1.29 is 8.49 Å². The number of rotatable bonds is 9. The SMILES string of the molecule is CN(SON)c1c(S(=O)NC2CCNC2)ccc(-c2cccc3ccc(N)nc23)c1/C(N)=N/NN.S. The van der Waals surface area contributed by atoms with Crippen LogP contribution < -0.4 is 43.1 Å². The molecule has 1 fully saturated rings. The lowest BCUT2D eigenvalue weighted by Gasteiger charge is -2.25. The number of benzene rings is 2. The number of nitrogens with two attached hydrogens (primary N) is 4. The van der Waals surface area contributed by atoms with E-state index in [1.807, 2.05) is 30.3 Å². The topological polar surface area (TPSA) is 195 Å². The molecule has 2 unspecified atom stereocenters. The molecule has 1 saturated heterocycles. The summed E-state index contributed by atoms with van der Waals surface area (Å²) in [5.74, 6) is 11.3. The highest BCUT2D eigenvalue weighted by Gasteiger charge is 2.27. The summed E-state index contributed by atoms with van der Waals surface area (Å²) >= 11 is 0.857. The van der Waals surface area contributed by atoms with Gasteiger partial charge in [0.15, 0.2) is 5.84 Å². The molecule has 1 aliphatic rings. The molecule has 0 spiro atoms. The van der Waals surface area contributed by atoms with E-state index < -0.39 is 11.0 Å². The number of nitrogens with one attached hydrogen (secondary N) is 3. The summed E-state index contributed by atoms with van der Waals surface area (Å²) in [6.45, 7) is 1.59. The number of pyridine rings is 1. The standard InChI is InChI=1S/C21H28N10O2S2.H2S/c1-31(34-33-25)20-16(35(32)29-13-9-10-26-11-13)7-6-14(18(20)21(23)28-30-24)15-4-2-3-12-5-8-17(22)27-19(12)15;/h2-8,13,26,29-30H,9-11,24-25H2,1H3,(H2,22,27)(H2,23,28);1H2. The zero-order chi connectivity index (χ0) is 24.9. The molecule has 0 radical (unpaired) electrons. The third-order valence-corrected chi connectivity index (χ3v) is 7.39. The molecule has 2 heterocycles. The predicted molar refractivity (Wildman–Crippen MR) is 152 cm³/mol. The van der Waals surface area contributed by atoms with E-state index in [9.17, 15) is 4.21 Å². The quantitative estimate of drug-likeness (QED) is 0.0491. The summed E-state index contributed by atoms with van der Waals surface area (Å²) < 4.78 is 23.1. The van der Waals surface area contributed by atoms with Crippen LogP contribution in [0.5, 0.6) is 0 Å². The minimum Gasteiger partial charge on any atom is -0.384 e. The van der Waals surface area contributed by atoms with E-state index in [0.29, 0.717) is 33.0 Å². The number of fused-ring (bicyclic) bond motifs is 1. The van der Waals surface area contributed by atoms with Crippen LogP contribution >= 0.6 is 25.7 Å². The first-order valence-electron chi connectivity index (χ1n) is 10.7. The van der Waals surface area contributed by atoms with Crippen molar-refractivity contribution in [2.45, 2.75) is 17.4 Å². The lowest BCUT2D eigenvalue weighted by atomic mass is 9.95. The molecule has 0 bridgehead atoms. The Hall–Kier alpha value is -2.63. The van der Waals surface area contributed by atoms with Crippen LogP contribution in [0.25, 0.3) is 22.0 Å². The number of hydrogen-bond donors (Lipinski definition) is 7. The lowest BCUT2D eigenvalue weighted by Crippen LogP contribution is -2.33. The average Bonchev–Trinajstić information content (AvgIpc) is 3.36. The molecule has 11 N–H and O–H groups in total. The monoisotopic (exact) mass is 550 g/mol. The number of hydrazone groups is 1. The van der Waals surface area contributed by atoms with E-state index in [2.05, 4.69) is 25.7 Å². The third kappa shape index (κ3) is 5.84. The van der Waals surface area contributed by atoms with Gasteiger partial charge in [-0.2, -0.15) is 13.5 Å². The van der Waals surface area contributed by atoms with Crippen molar-refractivity contribution in [3.63, 3.8) is 0 Å². The summed E-state index contributed by atoms with van der Waals surface area (Å²) in [4.78, 5) is 5.03. The molecular formula is C21H30N10O2S3. The van der Waals surface area contributed by atoms with E-state index >= 15 is 0 Å². The van der Waals surface area contributed by atoms with Crippen LogP contribution in [-0.2, 0) is 15.3 Å². The maximum absolute atomic E-state index is 13.5. The van der Waals surface area contributed by atoms with E-state index in [-0.39, 0.29) is 25.4 Å². The van der Waals surface area contributed by atoms with Crippen molar-refractivity contribution in [1.82, 2.24) is 20.6 Å². The van der Waals surface area contributed by atoms with Gasteiger partial charge in [-0.15, -0.1) is 5.10 Å². The summed E-state index contributed by atoms with van der Waals surface area (Å²) in [6.07, 6.45) is 0.867. The highest BCUT2D eigenvalue weighted by Crippen LogP contribution is 2.40. The summed E-state index contributed by atoms with van der Waals surface area (Å²) in [5, 5.41) is 8.18. The normalized spacial score (nSPS) is 16.5. The number of hydrazine groups is 1. The molecule has 1 aromatic heterocycles. The van der Waals surface area contributed by atoms with Crippen LogP contribution in [-0.4, -0.2) is 41.2 Å². The minimum absolute atomic E-state index is 0. The first-order chi connectivity index (χ1) is 16.9. The van der Waals surface area contributed by atoms with Gasteiger partial charge in [0.2, 0.25) is 0 Å². The molecule has 1 aliphatic heterocycles. The van der Waals surface area contributed by atoms with Crippen LogP contribution in [0.1, 0.15) is 12.0 Å². The number of amidine groups is 1. The number of hydrogen-bond acceptors (Lipinski definition) is 11. The van der Waals surface area contributed by atoms with Crippen LogP contribution in [0.15, 0.2) is 52.5 Å². The molecule has 15 heteroatoms. The lowest BCUT2D eigenvalue weighted by molar-refractivity contribution is 0.397. The number of nitrogens with zero attached hydrogens (tertiary/aromatic N) is 3. The largest absolute Gasteiger partial charge is 0.384 e. The maximum atomic E-state index is 13.5. The summed E-state index contributed by atoms with van der Waals surface area (Å²) in [6, 6.07) is 13.1. The zero-order valence-corrected chi connectivity index (χ0v) is 22.2. The van der Waals surface area contributed by atoms with Gasteiger partial charge in [-0.05, 0) is 36.7 Å². The number of anilines is 2. The molecule has 0 amide bonds. The van der Waals surface area contributed by atoms with Gasteiger partial charge in [0, 0.05) is 30.6 Å². The highest BCUT2D eigenvalue weighted by molar-refractivity contribution is 7.96. The fraction of sp³-hybridized carbons (Fsp3) is 0.238. The Balaban J connectivity index is 0.00000361. The van der Waals surface area contributed by atoms with E-state index in [1.54, 1.807) is 23.5 Å². The van der Waals surface area contributed by atoms with Crippen LogP contribution in [0.4, 0.5) is 11.5 Å². The van der Waals surface area contributed by atoms with Crippen molar-refractivity contribution in [3.05, 3.63) is 48.0 Å². The van der Waals surface area contributed by atoms with Crippen molar-refractivity contribution in [2.24, 2.45) is 22.6 Å². The molecule has 0 saturated carbocycles. The van der Waals surface area contributed by atoms with Gasteiger partial charge in [0.25, 0.3) is 0 Å². The van der Waals surface area contributed by atoms with Crippen LogP contribution in [0.2, 0.25) is 0 Å². The Morgan fingerprint density at radius 3 is 2.78 bits per heavy atom. The molecule has 2 atom stereocenters. The predicted octanol–water partition coefficient (Wildman–Crippen LogP) is 0.544. The third-order valence-electron chi connectivity index (χ3n) is 5.62. The molecule has 3 aromatic rings. The molecule has 4 rings (SSSR count). The van der Waals surface area contributed by atoms with Crippen molar-refractivity contribution in [3.8, 4) is 11.1 Å². The highest BCUT2D eigenvalue weighted by atomic mass is 32.2. The fourth-order valence-corrected chi connectivity index (χ4v) is 5.78. The molecule has 0 aliphatic carbocycles. The van der Waals surface area contributed by atoms with Crippen molar-refractivity contribution >= 4 is 65.0 Å². The second-order valence-corrected chi connectivity index (χ2v) is 9.92. The zero-order valence-electron chi connectivity index (χ0n) is 19.5. The van der Waals surface area contributed by atoms with Crippen molar-refractivity contribution in [2.75, 3.05) is 30.2 Å². The number of aromatic nitrogens is 1. The Morgan fingerprint density at radius 1 is 1.28 bits per heavy atom. The van der Waals surface area contributed by atoms with Crippen molar-refractivity contribution in [1.29, 1.82) is 0 Å².